The Balaban J connectivity index is 0.00000261. The van der Waals surface area contributed by atoms with Crippen molar-refractivity contribution in [1.82, 2.24) is 14.7 Å². The number of aromatic hydroxyl groups is 1. The van der Waals surface area contributed by atoms with Crippen LogP contribution in [0.1, 0.15) is 17.5 Å². The van der Waals surface area contributed by atoms with E-state index in [4.69, 9.17) is 0 Å². The summed E-state index contributed by atoms with van der Waals surface area (Å²) in [5, 5.41) is 15.2. The molecule has 1 aromatic heterocycles. The van der Waals surface area contributed by atoms with E-state index in [2.05, 4.69) is 10.00 Å². The average Bonchev–Trinajstić information content (AvgIpc) is 2.63. The molecule has 3 rings (SSSR count). The molecule has 27 heavy (non-hydrogen) atoms. The van der Waals surface area contributed by atoms with Crippen molar-refractivity contribution in [3.63, 3.8) is 0 Å². The summed E-state index contributed by atoms with van der Waals surface area (Å²) in [4.78, 5) is 14.7. The van der Waals surface area contributed by atoms with Gasteiger partial charge in [-0.1, -0.05) is 30.4 Å². The Labute approximate surface area is 165 Å². The van der Waals surface area contributed by atoms with Gasteiger partial charge in [-0.05, 0) is 62.5 Å². The predicted molar refractivity (Wildman–Crippen MR) is 113 cm³/mol. The van der Waals surface area contributed by atoms with Gasteiger partial charge in [-0.25, -0.2) is 4.68 Å². The molecule has 1 heterocycles. The Bertz CT molecular complexity index is 979. The van der Waals surface area contributed by atoms with E-state index in [0.29, 0.717) is 11.9 Å². The van der Waals surface area contributed by atoms with E-state index < -0.39 is 0 Å². The van der Waals surface area contributed by atoms with Crippen molar-refractivity contribution in [1.29, 1.82) is 0 Å². The highest BCUT2D eigenvalue weighted by Crippen LogP contribution is 2.16. The minimum Gasteiger partial charge on any atom is -0.508 e. The van der Waals surface area contributed by atoms with Crippen LogP contribution in [0.15, 0.2) is 53.5 Å². The highest BCUT2D eigenvalue weighted by molar-refractivity contribution is 5.85. The summed E-state index contributed by atoms with van der Waals surface area (Å²) in [5.41, 5.74) is 1.95. The third-order valence-electron chi connectivity index (χ3n) is 4.21. The Morgan fingerprint density at radius 1 is 1.07 bits per heavy atom. The second-order valence-corrected chi connectivity index (χ2v) is 6.60. The lowest BCUT2D eigenvalue weighted by atomic mass is 10.1. The summed E-state index contributed by atoms with van der Waals surface area (Å²) < 4.78 is 1.54. The Hall–Kier alpha value is -2.63. The molecule has 0 aliphatic heterocycles. The normalized spacial score (nSPS) is 11.2. The minimum absolute atomic E-state index is 0. The van der Waals surface area contributed by atoms with Gasteiger partial charge < -0.3 is 10.0 Å². The lowest BCUT2D eigenvalue weighted by Gasteiger charge is -2.10. The molecule has 5 nitrogen and oxygen atoms in total. The summed E-state index contributed by atoms with van der Waals surface area (Å²) in [6.07, 6.45) is 6.59. The first kappa shape index (κ1) is 20.7. The first-order chi connectivity index (χ1) is 12.5. The van der Waals surface area contributed by atoms with Gasteiger partial charge in [0, 0.05) is 11.9 Å². The molecule has 142 valence electrons. The van der Waals surface area contributed by atoms with Crippen LogP contribution < -0.4 is 5.56 Å². The van der Waals surface area contributed by atoms with Gasteiger partial charge in [-0.15, -0.1) is 12.4 Å². The number of hydrogen-bond donors (Lipinski definition) is 1. The first-order valence-corrected chi connectivity index (χ1v) is 8.65. The summed E-state index contributed by atoms with van der Waals surface area (Å²) in [5.74, 6) is 0.251. The molecule has 0 radical (unpaired) electrons. The highest BCUT2D eigenvalue weighted by atomic mass is 35.5. The van der Waals surface area contributed by atoms with Crippen LogP contribution >= 0.6 is 12.4 Å². The molecule has 2 aromatic carbocycles. The maximum absolute atomic E-state index is 12.6. The third-order valence-corrected chi connectivity index (χ3v) is 4.21. The van der Waals surface area contributed by atoms with Crippen molar-refractivity contribution in [3.8, 4) is 5.75 Å². The molecule has 0 aliphatic carbocycles. The van der Waals surface area contributed by atoms with Gasteiger partial charge in [-0.2, -0.15) is 5.10 Å². The van der Waals surface area contributed by atoms with Crippen LogP contribution in [0.3, 0.4) is 0 Å². The number of aromatic nitrogens is 2. The molecule has 0 aliphatic rings. The zero-order chi connectivity index (χ0) is 18.5. The molecule has 0 atom stereocenters. The Morgan fingerprint density at radius 2 is 1.74 bits per heavy atom. The first-order valence-electron chi connectivity index (χ1n) is 8.65. The molecule has 6 heteroatoms. The average molecular weight is 386 g/mol. The van der Waals surface area contributed by atoms with E-state index in [9.17, 15) is 9.90 Å². The van der Waals surface area contributed by atoms with Crippen LogP contribution in [0.4, 0.5) is 0 Å². The highest BCUT2D eigenvalue weighted by Gasteiger charge is 2.04. The van der Waals surface area contributed by atoms with Crippen molar-refractivity contribution < 1.29 is 5.11 Å². The van der Waals surface area contributed by atoms with Gasteiger partial charge >= 0.3 is 0 Å². The van der Waals surface area contributed by atoms with Crippen LogP contribution in [0.5, 0.6) is 5.75 Å². The Morgan fingerprint density at radius 3 is 2.44 bits per heavy atom. The van der Waals surface area contributed by atoms with Crippen LogP contribution in [0, 0.1) is 0 Å². The number of aryl methyl sites for hydroxylation is 1. The van der Waals surface area contributed by atoms with Gasteiger partial charge in [-0.3, -0.25) is 4.79 Å². The van der Waals surface area contributed by atoms with Gasteiger partial charge in [0.2, 0.25) is 0 Å². The molecule has 0 unspecified atom stereocenters. The molecule has 0 amide bonds. The summed E-state index contributed by atoms with van der Waals surface area (Å²) >= 11 is 0. The fourth-order valence-corrected chi connectivity index (χ4v) is 2.78. The van der Waals surface area contributed by atoms with E-state index in [1.807, 2.05) is 56.6 Å². The maximum atomic E-state index is 12.6. The van der Waals surface area contributed by atoms with Gasteiger partial charge in [0.05, 0.1) is 11.6 Å². The van der Waals surface area contributed by atoms with E-state index in [0.717, 1.165) is 29.5 Å². The second kappa shape index (κ2) is 9.35. The number of halogens is 1. The lowest BCUT2D eigenvalue weighted by Crippen LogP contribution is -2.25. The third kappa shape index (κ3) is 5.42. The van der Waals surface area contributed by atoms with Crippen LogP contribution in [0.25, 0.3) is 22.9 Å². The molecule has 3 aromatic rings. The van der Waals surface area contributed by atoms with E-state index in [1.54, 1.807) is 18.3 Å². The van der Waals surface area contributed by atoms with Crippen LogP contribution in [0.2, 0.25) is 0 Å². The molecular weight excluding hydrogens is 362 g/mol. The van der Waals surface area contributed by atoms with Gasteiger partial charge in [0.25, 0.3) is 5.56 Å². The minimum atomic E-state index is -0.0460. The number of phenols is 1. The summed E-state index contributed by atoms with van der Waals surface area (Å²) in [6, 6.07) is 12.8. The molecule has 0 saturated carbocycles. The zero-order valence-electron chi connectivity index (χ0n) is 15.5. The van der Waals surface area contributed by atoms with Crippen LogP contribution in [-0.2, 0) is 6.54 Å². The van der Waals surface area contributed by atoms with Crippen LogP contribution in [-0.4, -0.2) is 40.4 Å². The topological polar surface area (TPSA) is 58.4 Å². The van der Waals surface area contributed by atoms with E-state index in [1.165, 1.54) is 4.68 Å². The molecule has 0 bridgehead atoms. The van der Waals surface area contributed by atoms with E-state index >= 15 is 0 Å². The molecule has 0 fully saturated rings. The molecule has 0 saturated heterocycles. The van der Waals surface area contributed by atoms with Crippen molar-refractivity contribution in [2.45, 2.75) is 13.0 Å². The second-order valence-electron chi connectivity index (χ2n) is 6.60. The maximum Gasteiger partial charge on any atom is 0.274 e. The van der Waals surface area contributed by atoms with Crippen molar-refractivity contribution in [2.75, 3.05) is 20.6 Å². The molecular formula is C21H24ClN3O2. The summed E-state index contributed by atoms with van der Waals surface area (Å²) in [7, 11) is 4.04. The quantitative estimate of drug-likeness (QED) is 0.658. The smallest absolute Gasteiger partial charge is 0.274 e. The largest absolute Gasteiger partial charge is 0.508 e. The number of benzene rings is 2. The number of hydrogen-bond acceptors (Lipinski definition) is 4. The predicted octanol–water partition coefficient (Wildman–Crippen LogP) is 3.65. The Kier molecular flexibility index (Phi) is 7.16. The summed E-state index contributed by atoms with van der Waals surface area (Å²) in [6.45, 7) is 1.54. The lowest BCUT2D eigenvalue weighted by molar-refractivity contribution is 0.378. The molecule has 1 N–H and O–H groups in total. The number of nitrogens with zero attached hydrogens (tertiary/aromatic N) is 3. The number of fused-ring (bicyclic) bond motifs is 1. The SMILES string of the molecule is CN(C)CCCn1ncc2cc(C=Cc3ccc(O)cc3)ccc2c1=O.Cl. The van der Waals surface area contributed by atoms with Crippen molar-refractivity contribution >= 4 is 35.3 Å². The van der Waals surface area contributed by atoms with Gasteiger partial charge in [0.15, 0.2) is 0 Å². The number of phenolic OH excluding ortho intramolecular Hbond substituents is 1. The van der Waals surface area contributed by atoms with Crippen molar-refractivity contribution in [2.24, 2.45) is 0 Å². The monoisotopic (exact) mass is 385 g/mol. The number of rotatable bonds is 6. The van der Waals surface area contributed by atoms with E-state index in [-0.39, 0.29) is 23.7 Å². The van der Waals surface area contributed by atoms with Gasteiger partial charge in [0.1, 0.15) is 5.75 Å². The zero-order valence-corrected chi connectivity index (χ0v) is 16.3. The molecule has 0 spiro atoms. The van der Waals surface area contributed by atoms with Crippen molar-refractivity contribution in [3.05, 3.63) is 70.1 Å². The fraction of sp³-hybridized carbons (Fsp3) is 0.238. The standard InChI is InChI=1S/C21H23N3O2.ClH/c1-23(2)12-3-13-24-21(26)20-11-8-17(14-18(20)15-22-24)5-4-16-6-9-19(25)10-7-16;/h4-11,14-15,25H,3,12-13H2,1-2H3;1H. The fourth-order valence-electron chi connectivity index (χ4n) is 2.78.